The normalized spacial score (nSPS) is 31.0. The topological polar surface area (TPSA) is 61.8 Å². The van der Waals surface area contributed by atoms with E-state index in [9.17, 15) is 9.36 Å². The van der Waals surface area contributed by atoms with E-state index >= 15 is 0 Å². The van der Waals surface area contributed by atoms with Gasteiger partial charge in [-0.05, 0) is 12.1 Å². The number of hydrogen-bond acceptors (Lipinski definition) is 5. The highest BCUT2D eigenvalue weighted by Gasteiger charge is 2.54. The maximum absolute atomic E-state index is 12.1. The molecule has 0 radical (unpaired) electrons. The molecule has 0 spiro atoms. The molecule has 0 N–H and O–H groups in total. The van der Waals surface area contributed by atoms with Gasteiger partial charge in [0.1, 0.15) is 5.75 Å². The Morgan fingerprint density at radius 2 is 2.27 bits per heavy atom. The Morgan fingerprint density at radius 3 is 3.00 bits per heavy atom. The Morgan fingerprint density at radius 1 is 1.47 bits per heavy atom. The van der Waals surface area contributed by atoms with Crippen LogP contribution in [0.1, 0.15) is 21.8 Å². The minimum atomic E-state index is -3.37. The van der Waals surface area contributed by atoms with E-state index in [4.69, 9.17) is 13.8 Å². The van der Waals surface area contributed by atoms with Crippen molar-refractivity contribution in [3.63, 3.8) is 0 Å². The molecule has 0 saturated carbocycles. The van der Waals surface area contributed by atoms with Gasteiger partial charge in [0.15, 0.2) is 0 Å². The number of ether oxygens (including phenoxy) is 1. The summed E-state index contributed by atoms with van der Waals surface area (Å²) in [5.74, 6) is -0.952. The van der Waals surface area contributed by atoms with Crippen molar-refractivity contribution in [1.29, 1.82) is 0 Å². The van der Waals surface area contributed by atoms with Crippen LogP contribution in [-0.2, 0) is 13.8 Å². The van der Waals surface area contributed by atoms with Gasteiger partial charge >= 0.3 is 13.6 Å². The minimum Gasteiger partial charge on any atom is -0.439 e. The van der Waals surface area contributed by atoms with Crippen molar-refractivity contribution < 1.29 is 23.1 Å². The Labute approximate surface area is 85.5 Å². The van der Waals surface area contributed by atoms with Gasteiger partial charge in [-0.15, -0.1) is 0 Å². The van der Waals surface area contributed by atoms with E-state index in [0.29, 0.717) is 16.9 Å². The number of esters is 1. The predicted octanol–water partition coefficient (Wildman–Crippen LogP) is 2.09. The molecule has 5 nitrogen and oxygen atoms in total. The first-order valence-electron chi connectivity index (χ1n) is 4.34. The van der Waals surface area contributed by atoms with Crippen LogP contribution in [0.4, 0.5) is 0 Å². The summed E-state index contributed by atoms with van der Waals surface area (Å²) < 4.78 is 27.1. The maximum atomic E-state index is 12.1. The van der Waals surface area contributed by atoms with Crippen molar-refractivity contribution in [1.82, 2.24) is 0 Å². The van der Waals surface area contributed by atoms with Gasteiger partial charge in [-0.1, -0.05) is 6.07 Å². The average Bonchev–Trinajstić information content (AvgIpc) is 2.71. The highest BCUT2D eigenvalue weighted by molar-refractivity contribution is 7.55. The zero-order valence-corrected chi connectivity index (χ0v) is 8.69. The van der Waals surface area contributed by atoms with Gasteiger partial charge in [0.05, 0.1) is 11.1 Å². The van der Waals surface area contributed by atoms with Crippen LogP contribution in [0.3, 0.4) is 0 Å². The molecule has 1 aromatic carbocycles. The SMILES string of the molecule is COP1(=O)Oc2cccc3c2C1OC3=O. The van der Waals surface area contributed by atoms with E-state index in [1.165, 1.54) is 7.11 Å². The lowest BCUT2D eigenvalue weighted by atomic mass is 10.1. The van der Waals surface area contributed by atoms with Crippen molar-refractivity contribution in [2.24, 2.45) is 0 Å². The summed E-state index contributed by atoms with van der Waals surface area (Å²) in [4.78, 5) is 11.4. The summed E-state index contributed by atoms with van der Waals surface area (Å²) >= 11 is 0. The van der Waals surface area contributed by atoms with Crippen molar-refractivity contribution in [3.8, 4) is 5.75 Å². The summed E-state index contributed by atoms with van der Waals surface area (Å²) in [6.45, 7) is 0. The van der Waals surface area contributed by atoms with Crippen molar-refractivity contribution in [3.05, 3.63) is 29.3 Å². The van der Waals surface area contributed by atoms with Gasteiger partial charge in [-0.3, -0.25) is 0 Å². The zero-order chi connectivity index (χ0) is 10.6. The third kappa shape index (κ3) is 0.967. The molecule has 0 aromatic heterocycles. The van der Waals surface area contributed by atoms with Gasteiger partial charge in [-0.2, -0.15) is 0 Å². The summed E-state index contributed by atoms with van der Waals surface area (Å²) in [7, 11) is -2.10. The van der Waals surface area contributed by atoms with Crippen LogP contribution in [0.15, 0.2) is 18.2 Å². The second-order valence-corrected chi connectivity index (χ2v) is 5.39. The molecule has 0 saturated heterocycles. The van der Waals surface area contributed by atoms with E-state index in [-0.39, 0.29) is 0 Å². The molecule has 78 valence electrons. The largest absolute Gasteiger partial charge is 0.439 e. The second kappa shape index (κ2) is 2.62. The first-order chi connectivity index (χ1) is 7.15. The van der Waals surface area contributed by atoms with Crippen LogP contribution >= 0.6 is 7.60 Å². The highest BCUT2D eigenvalue weighted by Crippen LogP contribution is 2.70. The third-order valence-electron chi connectivity index (χ3n) is 2.52. The van der Waals surface area contributed by atoms with E-state index in [1.54, 1.807) is 18.2 Å². The van der Waals surface area contributed by atoms with Gasteiger partial charge < -0.3 is 13.8 Å². The second-order valence-electron chi connectivity index (χ2n) is 3.29. The van der Waals surface area contributed by atoms with Crippen LogP contribution < -0.4 is 4.52 Å². The van der Waals surface area contributed by atoms with Crippen LogP contribution in [0.25, 0.3) is 0 Å². The van der Waals surface area contributed by atoms with Crippen LogP contribution in [0.5, 0.6) is 5.75 Å². The van der Waals surface area contributed by atoms with Crippen molar-refractivity contribution >= 4 is 13.6 Å². The molecule has 0 fully saturated rings. The van der Waals surface area contributed by atoms with Crippen LogP contribution in [0.2, 0.25) is 0 Å². The lowest BCUT2D eigenvalue weighted by Crippen LogP contribution is -2.02. The van der Waals surface area contributed by atoms with Gasteiger partial charge in [0, 0.05) is 7.11 Å². The Hall–Kier alpha value is -1.32. The van der Waals surface area contributed by atoms with E-state index in [0.717, 1.165) is 0 Å². The summed E-state index contributed by atoms with van der Waals surface area (Å²) in [5.41, 5.74) is 0.958. The number of rotatable bonds is 1. The fourth-order valence-corrected chi connectivity index (χ4v) is 3.42. The Bertz CT molecular complexity index is 509. The molecule has 2 aliphatic rings. The van der Waals surface area contributed by atoms with Gasteiger partial charge in [0.25, 0.3) is 0 Å². The van der Waals surface area contributed by atoms with Gasteiger partial charge in [-0.25, -0.2) is 9.36 Å². The number of carbonyl (C=O) groups is 1. The molecule has 0 aliphatic carbocycles. The first kappa shape index (κ1) is 8.95. The fourth-order valence-electron chi connectivity index (χ4n) is 1.82. The molecule has 2 atom stereocenters. The predicted molar refractivity (Wildman–Crippen MR) is 49.8 cm³/mol. The molecule has 2 heterocycles. The van der Waals surface area contributed by atoms with E-state index in [2.05, 4.69) is 0 Å². The van der Waals surface area contributed by atoms with E-state index < -0.39 is 19.4 Å². The number of hydrogen-bond donors (Lipinski definition) is 0. The van der Waals surface area contributed by atoms with E-state index in [1.807, 2.05) is 0 Å². The standard InChI is InChI=1S/C9H7O5P/c1-12-15(11)9-7-5(8(10)13-9)3-2-4-6(7)14-15/h2-4,9H,1H3. The lowest BCUT2D eigenvalue weighted by Gasteiger charge is -2.13. The molecule has 1 aromatic rings. The molecule has 6 heteroatoms. The fraction of sp³-hybridized carbons (Fsp3) is 0.222. The number of carbonyl (C=O) groups excluding carboxylic acids is 1. The summed E-state index contributed by atoms with van der Waals surface area (Å²) in [6, 6.07) is 4.92. The molecule has 2 unspecified atom stereocenters. The van der Waals surface area contributed by atoms with Crippen molar-refractivity contribution in [2.75, 3.05) is 7.11 Å². The maximum Gasteiger partial charge on any atom is 0.424 e. The quantitative estimate of drug-likeness (QED) is 0.542. The smallest absolute Gasteiger partial charge is 0.424 e. The van der Waals surface area contributed by atoms with Crippen LogP contribution in [-0.4, -0.2) is 13.1 Å². The minimum absolute atomic E-state index is 0.410. The molecule has 3 rings (SSSR count). The molecular weight excluding hydrogens is 219 g/mol. The zero-order valence-electron chi connectivity index (χ0n) is 7.80. The lowest BCUT2D eigenvalue weighted by molar-refractivity contribution is 0.0481. The molecule has 0 bridgehead atoms. The average molecular weight is 226 g/mol. The highest BCUT2D eigenvalue weighted by atomic mass is 31.2. The first-order valence-corrected chi connectivity index (χ1v) is 5.96. The third-order valence-corrected chi connectivity index (χ3v) is 4.42. The Kier molecular flexibility index (Phi) is 1.56. The molecular formula is C9H7O5P. The van der Waals surface area contributed by atoms with Crippen molar-refractivity contribution in [2.45, 2.75) is 5.85 Å². The molecule has 0 amide bonds. The van der Waals surface area contributed by atoms with Crippen LogP contribution in [0, 0.1) is 0 Å². The Balaban J connectivity index is 2.27. The van der Waals surface area contributed by atoms with Gasteiger partial charge in [0.2, 0.25) is 5.85 Å². The molecule has 2 aliphatic heterocycles. The summed E-state index contributed by atoms with van der Waals surface area (Å²) in [5, 5.41) is 0. The monoisotopic (exact) mass is 226 g/mol. The number of benzene rings is 1. The summed E-state index contributed by atoms with van der Waals surface area (Å²) in [6.07, 6.45) is 0. The molecule has 15 heavy (non-hydrogen) atoms.